The number of carbonyl (C=O) groups excluding carboxylic acids is 4. The Morgan fingerprint density at radius 1 is 0.292 bits per heavy atom. The van der Waals surface area contributed by atoms with Crippen molar-refractivity contribution in [1.82, 2.24) is 0 Å². The zero-order valence-electron chi connectivity index (χ0n) is 60.8. The molecule has 17 nitrogen and oxygen atoms in total. The number of aliphatic hydroxyl groups excluding tert-OH is 1. The third kappa shape index (κ3) is 69.0. The summed E-state index contributed by atoms with van der Waals surface area (Å²) in [4.78, 5) is 72.7. The Morgan fingerprint density at radius 2 is 0.521 bits per heavy atom. The molecule has 558 valence electrons. The van der Waals surface area contributed by atoms with Gasteiger partial charge in [-0.2, -0.15) is 0 Å². The Bertz CT molecular complexity index is 2110. The molecule has 0 fully saturated rings. The van der Waals surface area contributed by atoms with Crippen molar-refractivity contribution in [3.8, 4) is 0 Å². The number of hydrogen-bond donors (Lipinski definition) is 3. The number of rotatable bonds is 72. The SMILES string of the molecule is CCCC/C=C\CCCCCCCC(=O)OCC(COP(=O)(O)OCC(O)COP(=O)(O)OCC(COC(=O)CCCCCCCC/C=C\C/C=C\C/C=C\CCCCC)OC(=O)CCCCCCC/C=C\CCCCCCCC)OC(=O)CCCCCCC/C=C\CCCC. The van der Waals surface area contributed by atoms with Gasteiger partial charge in [0.1, 0.15) is 19.3 Å². The van der Waals surface area contributed by atoms with E-state index in [0.29, 0.717) is 25.7 Å². The molecule has 0 radical (unpaired) electrons. The summed E-state index contributed by atoms with van der Waals surface area (Å²) in [6.45, 7) is 4.75. The van der Waals surface area contributed by atoms with Crippen molar-refractivity contribution in [2.75, 3.05) is 39.6 Å². The zero-order chi connectivity index (χ0) is 70.4. The van der Waals surface area contributed by atoms with Gasteiger partial charge in [0.15, 0.2) is 12.2 Å². The normalized spacial score (nSPS) is 14.4. The fourth-order valence-electron chi connectivity index (χ4n) is 10.2. The fraction of sp³-hybridized carbons (Fsp3) is 0.792. The van der Waals surface area contributed by atoms with Gasteiger partial charge in [-0.1, -0.05) is 255 Å². The minimum atomic E-state index is -4.97. The van der Waals surface area contributed by atoms with Crippen LogP contribution in [0.5, 0.6) is 0 Å². The summed E-state index contributed by atoms with van der Waals surface area (Å²) in [5, 5.41) is 10.6. The van der Waals surface area contributed by atoms with Crippen LogP contribution in [0.15, 0.2) is 72.9 Å². The molecule has 0 amide bonds. The van der Waals surface area contributed by atoms with E-state index in [0.717, 1.165) is 173 Å². The van der Waals surface area contributed by atoms with Gasteiger partial charge in [-0.25, -0.2) is 9.13 Å². The van der Waals surface area contributed by atoms with Crippen molar-refractivity contribution in [3.63, 3.8) is 0 Å². The molecule has 3 N–H and O–H groups in total. The molecule has 0 aliphatic carbocycles. The number of hydrogen-bond acceptors (Lipinski definition) is 15. The zero-order valence-corrected chi connectivity index (χ0v) is 62.6. The lowest BCUT2D eigenvalue weighted by molar-refractivity contribution is -0.161. The first-order valence-corrected chi connectivity index (χ1v) is 41.2. The van der Waals surface area contributed by atoms with Crippen molar-refractivity contribution >= 4 is 39.5 Å². The van der Waals surface area contributed by atoms with Crippen LogP contribution in [0, 0.1) is 0 Å². The standard InChI is InChI=1S/C77H138O17P2/c1-5-9-13-17-21-25-29-31-33-34-35-36-38-39-43-46-50-54-58-62-75(80)88-68-73(94-77(82)64-60-56-52-48-44-40-37-32-30-26-22-18-14-10-6-2)70-92-96(85,86)90-66-71(78)65-89-95(83,84)91-69-72(93-76(81)63-59-55-51-47-42-28-24-20-16-12-8-4)67-87-74(79)61-57-53-49-45-41-27-23-19-15-11-7-3/h19-21,23-25,31-33,35-37,71-73,78H,5-18,22,26-30,34,38-70H2,1-4H3,(H,83,84)(H,85,86)/b23-19-,24-20-,25-21-,33-31-,36-35-,37-32-. The van der Waals surface area contributed by atoms with E-state index in [-0.39, 0.29) is 25.7 Å². The maximum atomic E-state index is 13.1. The molecule has 0 aliphatic rings. The summed E-state index contributed by atoms with van der Waals surface area (Å²) in [5.74, 6) is -2.20. The van der Waals surface area contributed by atoms with Gasteiger partial charge in [-0.05, 0) is 128 Å². The highest BCUT2D eigenvalue weighted by Crippen LogP contribution is 2.45. The predicted octanol–water partition coefficient (Wildman–Crippen LogP) is 21.7. The molecule has 0 aromatic carbocycles. The molecule has 19 heteroatoms. The summed E-state index contributed by atoms with van der Waals surface area (Å²) in [7, 11) is -9.94. The Morgan fingerprint density at radius 3 is 0.844 bits per heavy atom. The summed E-state index contributed by atoms with van der Waals surface area (Å²) in [6, 6.07) is 0. The van der Waals surface area contributed by atoms with E-state index in [1.807, 2.05) is 0 Å². The van der Waals surface area contributed by atoms with Gasteiger partial charge in [-0.3, -0.25) is 37.3 Å². The largest absolute Gasteiger partial charge is 0.472 e. The predicted molar refractivity (Wildman–Crippen MR) is 390 cm³/mol. The van der Waals surface area contributed by atoms with Crippen LogP contribution < -0.4 is 0 Å². The highest BCUT2D eigenvalue weighted by Gasteiger charge is 2.30. The van der Waals surface area contributed by atoms with Crippen molar-refractivity contribution in [2.24, 2.45) is 0 Å². The quantitative estimate of drug-likeness (QED) is 0.0169. The molecular weight excluding hydrogens is 1260 g/mol. The van der Waals surface area contributed by atoms with E-state index in [1.165, 1.54) is 83.5 Å². The number of phosphoric ester groups is 2. The van der Waals surface area contributed by atoms with Gasteiger partial charge < -0.3 is 33.8 Å². The number of carbonyl (C=O) groups is 4. The van der Waals surface area contributed by atoms with Crippen LogP contribution in [0.3, 0.4) is 0 Å². The molecule has 0 bridgehead atoms. The van der Waals surface area contributed by atoms with Gasteiger partial charge in [0.25, 0.3) is 0 Å². The second kappa shape index (κ2) is 70.0. The van der Waals surface area contributed by atoms with Gasteiger partial charge in [0.05, 0.1) is 26.4 Å². The van der Waals surface area contributed by atoms with Crippen molar-refractivity contribution in [1.29, 1.82) is 0 Å². The van der Waals surface area contributed by atoms with Crippen LogP contribution >= 0.6 is 15.6 Å². The van der Waals surface area contributed by atoms with Crippen LogP contribution in [0.4, 0.5) is 0 Å². The molecule has 96 heavy (non-hydrogen) atoms. The van der Waals surface area contributed by atoms with Crippen molar-refractivity contribution in [2.45, 2.75) is 354 Å². The summed E-state index contributed by atoms with van der Waals surface area (Å²) in [5.41, 5.74) is 0. The minimum Gasteiger partial charge on any atom is -0.462 e. The molecule has 0 saturated carbocycles. The molecule has 0 spiro atoms. The number of allylic oxidation sites excluding steroid dienone is 12. The van der Waals surface area contributed by atoms with Gasteiger partial charge in [0, 0.05) is 25.7 Å². The molecule has 0 heterocycles. The van der Waals surface area contributed by atoms with Crippen LogP contribution in [0.25, 0.3) is 0 Å². The summed E-state index contributed by atoms with van der Waals surface area (Å²) >= 11 is 0. The minimum absolute atomic E-state index is 0.0843. The van der Waals surface area contributed by atoms with E-state index >= 15 is 0 Å². The van der Waals surface area contributed by atoms with E-state index in [4.69, 9.17) is 37.0 Å². The van der Waals surface area contributed by atoms with Crippen LogP contribution in [0.1, 0.15) is 336 Å². The average Bonchev–Trinajstić information content (AvgIpc) is 1.17. The Labute approximate surface area is 583 Å². The van der Waals surface area contributed by atoms with E-state index in [1.54, 1.807) is 0 Å². The topological polar surface area (TPSA) is 237 Å². The van der Waals surface area contributed by atoms with Crippen LogP contribution in [-0.4, -0.2) is 96.7 Å². The number of unbranched alkanes of at least 4 members (excludes halogenated alkanes) is 34. The lowest BCUT2D eigenvalue weighted by Gasteiger charge is -2.21. The van der Waals surface area contributed by atoms with Gasteiger partial charge >= 0.3 is 39.5 Å². The molecule has 5 unspecified atom stereocenters. The fourth-order valence-corrected chi connectivity index (χ4v) is 11.8. The highest BCUT2D eigenvalue weighted by molar-refractivity contribution is 7.47. The third-order valence-electron chi connectivity index (χ3n) is 16.1. The molecule has 0 aliphatic heterocycles. The molecule has 5 atom stereocenters. The molecule has 0 rings (SSSR count). The van der Waals surface area contributed by atoms with E-state index in [2.05, 4.69) is 101 Å². The van der Waals surface area contributed by atoms with Crippen molar-refractivity contribution in [3.05, 3.63) is 72.9 Å². The first-order valence-electron chi connectivity index (χ1n) is 38.2. The van der Waals surface area contributed by atoms with E-state index in [9.17, 15) is 43.2 Å². The molecule has 0 aromatic rings. The van der Waals surface area contributed by atoms with E-state index < -0.39 is 97.5 Å². The third-order valence-corrected chi connectivity index (χ3v) is 18.0. The second-order valence-corrected chi connectivity index (χ2v) is 28.5. The number of aliphatic hydroxyl groups is 1. The summed E-state index contributed by atoms with van der Waals surface area (Å²) < 4.78 is 68.4. The lowest BCUT2D eigenvalue weighted by Crippen LogP contribution is -2.30. The lowest BCUT2D eigenvalue weighted by atomic mass is 10.1. The highest BCUT2D eigenvalue weighted by atomic mass is 31.2. The molecule has 0 aromatic heterocycles. The number of phosphoric acid groups is 2. The maximum Gasteiger partial charge on any atom is 0.472 e. The Kier molecular flexibility index (Phi) is 67.4. The second-order valence-electron chi connectivity index (χ2n) is 25.6. The van der Waals surface area contributed by atoms with Crippen molar-refractivity contribution < 1.29 is 80.2 Å². The van der Waals surface area contributed by atoms with Gasteiger partial charge in [0.2, 0.25) is 0 Å². The molecule has 0 saturated heterocycles. The van der Waals surface area contributed by atoms with Crippen LogP contribution in [0.2, 0.25) is 0 Å². The number of ether oxygens (including phenoxy) is 4. The average molecular weight is 1400 g/mol. The maximum absolute atomic E-state index is 13.1. The Balaban J connectivity index is 5.31. The first kappa shape index (κ1) is 92.5. The van der Waals surface area contributed by atoms with Gasteiger partial charge in [-0.15, -0.1) is 0 Å². The molecular formula is C77H138O17P2. The number of esters is 4. The summed E-state index contributed by atoms with van der Waals surface area (Å²) in [6.07, 6.45) is 69.0. The van der Waals surface area contributed by atoms with Crippen LogP contribution in [-0.2, 0) is 65.4 Å². The smallest absolute Gasteiger partial charge is 0.462 e. The Hall–Kier alpha value is -3.50. The first-order chi connectivity index (χ1) is 46.7. The monoisotopic (exact) mass is 1400 g/mol.